The molecule has 0 aromatic rings. The Labute approximate surface area is 104 Å². The summed E-state index contributed by atoms with van der Waals surface area (Å²) < 4.78 is 0. The summed E-state index contributed by atoms with van der Waals surface area (Å²) in [5.41, 5.74) is 0. The summed E-state index contributed by atoms with van der Waals surface area (Å²) in [6.07, 6.45) is 0. The van der Waals surface area contributed by atoms with Crippen LogP contribution in [0, 0.1) is 0 Å². The van der Waals surface area contributed by atoms with E-state index >= 15 is 0 Å². The summed E-state index contributed by atoms with van der Waals surface area (Å²) in [5, 5.41) is 0. The van der Waals surface area contributed by atoms with Crippen molar-refractivity contribution in [1.29, 1.82) is 0 Å². The minimum Gasteiger partial charge on any atom is -1.00 e. The van der Waals surface area contributed by atoms with E-state index < -0.39 is 0 Å². The molecular weight excluding hydrogens is 169 g/mol. The first-order valence-corrected chi connectivity index (χ1v) is 0. The first-order valence-electron chi connectivity index (χ1n) is 0. The molecule has 0 aliphatic heterocycles. The molecule has 5 heteroatoms. The van der Waals surface area contributed by atoms with Crippen LogP contribution in [0.3, 0.4) is 0 Å². The molecule has 0 aromatic heterocycles. The van der Waals surface area contributed by atoms with Gasteiger partial charge in [-0.15, -0.1) is 0 Å². The molecule has 0 bridgehead atoms. The summed E-state index contributed by atoms with van der Waals surface area (Å²) >= 11 is 0. The van der Waals surface area contributed by atoms with Crippen LogP contribution in [0.25, 0.3) is 0 Å². The Morgan fingerprint density at radius 1 is 1.20 bits per heavy atom. The van der Waals surface area contributed by atoms with Crippen LogP contribution in [0.15, 0.2) is 0 Å². The van der Waals surface area contributed by atoms with Crippen molar-refractivity contribution in [1.82, 2.24) is 0 Å². The van der Waals surface area contributed by atoms with E-state index in [4.69, 9.17) is 0 Å². The summed E-state index contributed by atoms with van der Waals surface area (Å²) in [7, 11) is 0. The van der Waals surface area contributed by atoms with Gasteiger partial charge < -0.3 is 5.71 Å². The smallest absolute Gasteiger partial charge is 1.00 e. The van der Waals surface area contributed by atoms with Crippen molar-refractivity contribution in [3.8, 4) is 0 Å². The van der Waals surface area contributed by atoms with Gasteiger partial charge >= 0.3 is 60.8 Å². The standard InChI is InChI=1S/B.Ca.Mg.H4Si.Zn.4H/h;;;1H4;;;;;/q;2*+2;;;4*-1. The molecule has 3 radical (unpaired) electrons. The van der Waals surface area contributed by atoms with E-state index in [0.717, 1.165) is 0 Å². The Kier molecular flexibility index (Phi) is 252. The summed E-state index contributed by atoms with van der Waals surface area (Å²) in [4.78, 5) is 0. The van der Waals surface area contributed by atoms with E-state index in [9.17, 15) is 0 Å². The van der Waals surface area contributed by atoms with Crippen LogP contribution in [-0.4, -0.2) is 80.2 Å². The van der Waals surface area contributed by atoms with Crippen molar-refractivity contribution in [3.05, 3.63) is 0 Å². The average Bonchev–Trinajstić information content (AvgIpc) is 0. The van der Waals surface area contributed by atoms with Gasteiger partial charge in [0.2, 0.25) is 0 Å². The molecule has 0 nitrogen and oxygen atoms in total. The van der Waals surface area contributed by atoms with Crippen LogP contribution in [0.1, 0.15) is 5.71 Å². The second-order valence-electron chi connectivity index (χ2n) is 0. The van der Waals surface area contributed by atoms with E-state index in [2.05, 4.69) is 0 Å². The molecule has 0 N–H and O–H groups in total. The van der Waals surface area contributed by atoms with Gasteiger partial charge in [-0.2, -0.15) is 0 Å². The van der Waals surface area contributed by atoms with Crippen molar-refractivity contribution in [2.24, 2.45) is 0 Å². The number of hydrogen-bond donors (Lipinski definition) is 0. The predicted octanol–water partition coefficient (Wildman–Crippen LogP) is -2.15. The zero-order chi connectivity index (χ0) is 0. The van der Waals surface area contributed by atoms with Gasteiger partial charge in [0.15, 0.2) is 0 Å². The Balaban J connectivity index is 0. The molecule has 0 saturated carbocycles. The maximum atomic E-state index is 0. The molecule has 0 fully saturated rings. The first-order chi connectivity index (χ1) is 0. The molecule has 0 rings (SSSR count). The van der Waals surface area contributed by atoms with Crippen LogP contribution < -0.4 is 0 Å². The van der Waals surface area contributed by atoms with Gasteiger partial charge in [0.25, 0.3) is 0 Å². The monoisotopic (exact) mass is 175 g/mol. The van der Waals surface area contributed by atoms with E-state index in [1.165, 1.54) is 0 Å². The first kappa shape index (κ1) is 44.3. The third-order valence-electron chi connectivity index (χ3n) is 0. The van der Waals surface area contributed by atoms with Crippen molar-refractivity contribution in [2.45, 2.75) is 0 Å². The predicted molar refractivity (Wildman–Crippen MR) is 33.0 cm³/mol. The van der Waals surface area contributed by atoms with Crippen LogP contribution in [0.5, 0.6) is 0 Å². The fraction of sp³-hybridized carbons (Fsp3) is 0. The molecule has 0 atom stereocenters. The molecule has 0 spiro atoms. The van der Waals surface area contributed by atoms with Crippen molar-refractivity contribution in [3.63, 3.8) is 0 Å². The second kappa shape index (κ2) is 28.4. The Morgan fingerprint density at radius 2 is 1.20 bits per heavy atom. The summed E-state index contributed by atoms with van der Waals surface area (Å²) in [6, 6.07) is 0. The van der Waals surface area contributed by atoms with Crippen LogP contribution >= 0.6 is 0 Å². The Hall–Kier alpha value is 2.93. The van der Waals surface area contributed by atoms with Gasteiger partial charge in [-0.3, -0.25) is 0 Å². The molecule has 21 valence electrons. The van der Waals surface area contributed by atoms with Gasteiger partial charge in [0.05, 0.1) is 0 Å². The molecule has 5 heavy (non-hydrogen) atoms. The summed E-state index contributed by atoms with van der Waals surface area (Å²) in [6.45, 7) is 0. The zero-order valence-corrected chi connectivity index (χ0v) is 9.29. The van der Waals surface area contributed by atoms with Gasteiger partial charge in [-0.05, 0) is 11.0 Å². The van der Waals surface area contributed by atoms with Crippen LogP contribution in [0.4, 0.5) is 0 Å². The average molecular weight is 177 g/mol. The zero-order valence-electron chi connectivity index (χ0n) is 6.70. The molecule has 0 saturated heterocycles. The van der Waals surface area contributed by atoms with Crippen molar-refractivity contribution >= 4 is 80.2 Å². The minimum atomic E-state index is 0. The molecule has 0 aromatic carbocycles. The second-order valence-corrected chi connectivity index (χ2v) is 0. The molecular formula is H8BCaMgSiZn. The maximum Gasteiger partial charge on any atom is 2.00 e. The fourth-order valence-corrected chi connectivity index (χ4v) is 0. The topological polar surface area (TPSA) is 0 Å². The van der Waals surface area contributed by atoms with Crippen LogP contribution in [0.2, 0.25) is 0 Å². The molecule has 0 unspecified atom stereocenters. The molecule has 0 heterocycles. The summed E-state index contributed by atoms with van der Waals surface area (Å²) in [5.74, 6) is 0. The van der Waals surface area contributed by atoms with Gasteiger partial charge in [-0.1, -0.05) is 0 Å². The number of hydrogen-bond acceptors (Lipinski definition) is 0. The van der Waals surface area contributed by atoms with E-state index in [1.54, 1.807) is 0 Å². The van der Waals surface area contributed by atoms with E-state index in [0.29, 0.717) is 0 Å². The quantitative estimate of drug-likeness (QED) is 0.370. The largest absolute Gasteiger partial charge is 2.00 e. The van der Waals surface area contributed by atoms with Gasteiger partial charge in [-0.25, -0.2) is 0 Å². The molecule has 0 aliphatic carbocycles. The minimum absolute atomic E-state index is 0. The van der Waals surface area contributed by atoms with Crippen molar-refractivity contribution in [2.75, 3.05) is 0 Å². The van der Waals surface area contributed by atoms with Crippen LogP contribution in [-0.2, 0) is 19.5 Å². The van der Waals surface area contributed by atoms with Gasteiger partial charge in [0.1, 0.15) is 0 Å². The van der Waals surface area contributed by atoms with Crippen molar-refractivity contribution < 1.29 is 25.2 Å². The SMILES string of the molecule is [B].[Ca+2].[H-].[H-].[H-].[H-].[Mg+2].[SiH4].[Zn]. The fourth-order valence-electron chi connectivity index (χ4n) is 0. The normalized spacial score (nSPS) is 0. The number of rotatable bonds is 0. The van der Waals surface area contributed by atoms with E-state index in [1.807, 2.05) is 0 Å². The third-order valence-corrected chi connectivity index (χ3v) is 0. The van der Waals surface area contributed by atoms with E-state index in [-0.39, 0.29) is 105 Å². The molecule has 0 aliphatic rings. The Morgan fingerprint density at radius 3 is 1.20 bits per heavy atom. The maximum absolute atomic E-state index is 0. The van der Waals surface area contributed by atoms with Gasteiger partial charge in [0, 0.05) is 27.9 Å². The third kappa shape index (κ3) is 19.6. The molecule has 0 amide bonds. The Bertz CT molecular complexity index is 20.5.